The second-order valence-electron chi connectivity index (χ2n) is 3.22. The highest BCUT2D eigenvalue weighted by Crippen LogP contribution is 2.16. The molecule has 2 nitrogen and oxygen atoms in total. The van der Waals surface area contributed by atoms with E-state index in [9.17, 15) is 0 Å². The number of anilines is 1. The molecule has 0 heterocycles. The van der Waals surface area contributed by atoms with Gasteiger partial charge in [0.1, 0.15) is 0 Å². The molecule has 1 rings (SSSR count). The van der Waals surface area contributed by atoms with Gasteiger partial charge in [-0.3, -0.25) is 0 Å². The number of hydrogen-bond acceptors (Lipinski definition) is 3. The smallest absolute Gasteiger partial charge is 0.0314 e. The van der Waals surface area contributed by atoms with Crippen LogP contribution < -0.4 is 10.5 Å². The average molecular weight is 236 g/mol. The molecule has 0 fully saturated rings. The van der Waals surface area contributed by atoms with Crippen LogP contribution in [0.15, 0.2) is 53.6 Å². The second kappa shape index (κ2) is 8.92. The summed E-state index contributed by atoms with van der Waals surface area (Å²) in [7, 11) is 0. The lowest BCUT2D eigenvalue weighted by Gasteiger charge is -2.03. The molecule has 0 spiro atoms. The molecule has 0 aliphatic carbocycles. The van der Waals surface area contributed by atoms with Crippen LogP contribution in [0.2, 0.25) is 0 Å². The van der Waals surface area contributed by atoms with Gasteiger partial charge in [-0.1, -0.05) is 18.7 Å². The third kappa shape index (κ3) is 8.00. The second-order valence-corrected chi connectivity index (χ2v) is 4.10. The highest BCUT2D eigenvalue weighted by molar-refractivity contribution is 7.97. The summed E-state index contributed by atoms with van der Waals surface area (Å²) < 4.78 is 3.06. The molecule has 1 aromatic rings. The van der Waals surface area contributed by atoms with Crippen LogP contribution in [0.25, 0.3) is 0 Å². The summed E-state index contributed by atoms with van der Waals surface area (Å²) in [6.45, 7) is 9.65. The minimum Gasteiger partial charge on any atom is -0.399 e. The van der Waals surface area contributed by atoms with Crippen molar-refractivity contribution in [3.63, 3.8) is 0 Å². The van der Waals surface area contributed by atoms with Gasteiger partial charge in [0.05, 0.1) is 0 Å². The van der Waals surface area contributed by atoms with E-state index in [1.54, 1.807) is 0 Å². The minimum absolute atomic E-state index is 0.787. The Morgan fingerprint density at radius 1 is 1.25 bits per heavy atom. The van der Waals surface area contributed by atoms with E-state index in [0.717, 1.165) is 16.3 Å². The zero-order valence-electron chi connectivity index (χ0n) is 10.2. The van der Waals surface area contributed by atoms with Crippen LogP contribution >= 0.6 is 11.9 Å². The van der Waals surface area contributed by atoms with Gasteiger partial charge in [0, 0.05) is 16.3 Å². The fourth-order valence-electron chi connectivity index (χ4n) is 0.682. The topological polar surface area (TPSA) is 38.0 Å². The van der Waals surface area contributed by atoms with Gasteiger partial charge in [-0.15, -0.1) is 0 Å². The summed E-state index contributed by atoms with van der Waals surface area (Å²) in [5.74, 6) is 0. The first-order chi connectivity index (χ1) is 7.60. The Labute approximate surface area is 103 Å². The highest BCUT2D eigenvalue weighted by atomic mass is 32.2. The zero-order chi connectivity index (χ0) is 12.4. The Bertz CT molecular complexity index is 324. The molecule has 0 unspecified atom stereocenters. The van der Waals surface area contributed by atoms with Crippen LogP contribution in [0.3, 0.4) is 0 Å². The molecule has 0 amide bonds. The number of benzene rings is 1. The molecule has 0 bridgehead atoms. The SMILES string of the molecule is C/C=C\C.C=C(C)NSc1ccc(N)cc1. The average Bonchev–Trinajstić information content (AvgIpc) is 2.28. The van der Waals surface area contributed by atoms with Gasteiger partial charge in [0.15, 0.2) is 0 Å². The van der Waals surface area contributed by atoms with Gasteiger partial charge >= 0.3 is 0 Å². The van der Waals surface area contributed by atoms with Gasteiger partial charge in [-0.25, -0.2) is 0 Å². The molecule has 0 saturated carbocycles. The van der Waals surface area contributed by atoms with Crippen molar-refractivity contribution in [3.8, 4) is 0 Å². The van der Waals surface area contributed by atoms with Crippen molar-refractivity contribution in [1.82, 2.24) is 4.72 Å². The maximum Gasteiger partial charge on any atom is 0.0314 e. The predicted molar refractivity (Wildman–Crippen MR) is 75.1 cm³/mol. The number of rotatable bonds is 3. The Hall–Kier alpha value is -1.35. The van der Waals surface area contributed by atoms with Gasteiger partial charge < -0.3 is 10.5 Å². The van der Waals surface area contributed by atoms with Gasteiger partial charge in [0.25, 0.3) is 0 Å². The molecule has 3 heteroatoms. The van der Waals surface area contributed by atoms with E-state index >= 15 is 0 Å². The van der Waals surface area contributed by atoms with Gasteiger partial charge in [0.2, 0.25) is 0 Å². The van der Waals surface area contributed by atoms with Gasteiger partial charge in [-0.2, -0.15) is 0 Å². The fraction of sp³-hybridized carbons (Fsp3) is 0.231. The molecule has 0 saturated heterocycles. The molecular weight excluding hydrogens is 216 g/mol. The van der Waals surface area contributed by atoms with E-state index in [-0.39, 0.29) is 0 Å². The van der Waals surface area contributed by atoms with Crippen molar-refractivity contribution in [2.75, 3.05) is 5.73 Å². The standard InChI is InChI=1S/C9H12N2S.C4H8/c1-7(2)11-12-9-5-3-8(10)4-6-9;1-3-4-2/h3-6,11H,1,10H2,2H3;3-4H,1-2H3/b;4-3-. The number of nitrogens with two attached hydrogens (primary N) is 1. The summed E-state index contributed by atoms with van der Waals surface area (Å²) in [4.78, 5) is 1.13. The highest BCUT2D eigenvalue weighted by Gasteiger charge is 1.91. The summed E-state index contributed by atoms with van der Waals surface area (Å²) in [6, 6.07) is 7.69. The lowest BCUT2D eigenvalue weighted by molar-refractivity contribution is 1.21. The normalized spacial score (nSPS) is 9.44. The maximum atomic E-state index is 5.54. The molecule has 0 aliphatic heterocycles. The first-order valence-corrected chi connectivity index (χ1v) is 5.93. The summed E-state index contributed by atoms with van der Waals surface area (Å²) in [5.41, 5.74) is 7.26. The molecule has 3 N–H and O–H groups in total. The first kappa shape index (κ1) is 14.6. The van der Waals surface area contributed by atoms with Crippen LogP contribution in [-0.4, -0.2) is 0 Å². The van der Waals surface area contributed by atoms with Gasteiger partial charge in [-0.05, 0) is 57.0 Å². The van der Waals surface area contributed by atoms with Crippen LogP contribution in [0.5, 0.6) is 0 Å². The van der Waals surface area contributed by atoms with E-state index in [4.69, 9.17) is 5.73 Å². The molecule has 0 radical (unpaired) electrons. The Morgan fingerprint density at radius 2 is 1.75 bits per heavy atom. The van der Waals surface area contributed by atoms with Crippen LogP contribution in [0.1, 0.15) is 20.8 Å². The monoisotopic (exact) mass is 236 g/mol. The van der Waals surface area contributed by atoms with Crippen molar-refractivity contribution >= 4 is 17.6 Å². The molecule has 88 valence electrons. The third-order valence-corrected chi connectivity index (χ3v) is 2.51. The number of nitrogen functional groups attached to an aromatic ring is 1. The van der Waals surface area contributed by atoms with E-state index in [1.807, 2.05) is 57.2 Å². The molecule has 1 aromatic carbocycles. The third-order valence-electron chi connectivity index (χ3n) is 1.56. The number of hydrogen-bond donors (Lipinski definition) is 2. The number of nitrogens with one attached hydrogen (secondary N) is 1. The van der Waals surface area contributed by atoms with E-state index in [0.29, 0.717) is 0 Å². The van der Waals surface area contributed by atoms with E-state index in [2.05, 4.69) is 11.3 Å². The lowest BCUT2D eigenvalue weighted by atomic mass is 10.3. The van der Waals surface area contributed by atoms with E-state index < -0.39 is 0 Å². The summed E-state index contributed by atoms with van der Waals surface area (Å²) in [6.07, 6.45) is 4.00. The van der Waals surface area contributed by atoms with Crippen LogP contribution in [0.4, 0.5) is 5.69 Å². The Balaban J connectivity index is 0.000000487. The quantitative estimate of drug-likeness (QED) is 0.473. The minimum atomic E-state index is 0.787. The summed E-state index contributed by atoms with van der Waals surface area (Å²) >= 11 is 1.53. The molecule has 16 heavy (non-hydrogen) atoms. The molecular formula is C13H20N2S. The zero-order valence-corrected chi connectivity index (χ0v) is 11.0. The van der Waals surface area contributed by atoms with Crippen LogP contribution in [0, 0.1) is 0 Å². The van der Waals surface area contributed by atoms with Crippen molar-refractivity contribution in [3.05, 3.63) is 48.7 Å². The molecule has 0 aliphatic rings. The predicted octanol–water partition coefficient (Wildman–Crippen LogP) is 3.98. The largest absolute Gasteiger partial charge is 0.399 e. The fourth-order valence-corrected chi connectivity index (χ4v) is 1.25. The molecule has 0 atom stereocenters. The van der Waals surface area contributed by atoms with Crippen molar-refractivity contribution in [2.45, 2.75) is 25.7 Å². The Kier molecular flexibility index (Phi) is 8.17. The molecule has 0 aromatic heterocycles. The Morgan fingerprint density at radius 3 is 2.12 bits per heavy atom. The summed E-state index contributed by atoms with van der Waals surface area (Å²) in [5, 5.41) is 0. The van der Waals surface area contributed by atoms with Crippen molar-refractivity contribution < 1.29 is 0 Å². The van der Waals surface area contributed by atoms with Crippen molar-refractivity contribution in [1.29, 1.82) is 0 Å². The first-order valence-electron chi connectivity index (χ1n) is 5.11. The van der Waals surface area contributed by atoms with Crippen LogP contribution in [-0.2, 0) is 0 Å². The van der Waals surface area contributed by atoms with E-state index in [1.165, 1.54) is 11.9 Å². The van der Waals surface area contributed by atoms with Crippen molar-refractivity contribution in [2.24, 2.45) is 0 Å². The number of allylic oxidation sites excluding steroid dienone is 3. The maximum absolute atomic E-state index is 5.54. The lowest BCUT2D eigenvalue weighted by Crippen LogP contribution is -1.96.